The Morgan fingerprint density at radius 3 is 2.88 bits per heavy atom. The molecule has 2 aliphatic heterocycles. The molecule has 0 aromatic heterocycles. The van der Waals surface area contributed by atoms with Crippen molar-refractivity contribution in [1.82, 2.24) is 9.80 Å². The lowest BCUT2D eigenvalue weighted by molar-refractivity contribution is -0.123. The molecule has 1 amide bonds. The number of rotatable bonds is 3. The number of hydrogen-bond donors (Lipinski definition) is 1. The number of ether oxygens (including phenoxy) is 1. The van der Waals surface area contributed by atoms with Gasteiger partial charge >= 0.3 is 0 Å². The Kier molecular flexibility index (Phi) is 3.47. The Morgan fingerprint density at radius 2 is 2.31 bits per heavy atom. The van der Waals surface area contributed by atoms with E-state index in [2.05, 4.69) is 16.8 Å². The summed E-state index contributed by atoms with van der Waals surface area (Å²) in [5.41, 5.74) is 5.42. The van der Waals surface area contributed by atoms with E-state index in [0.29, 0.717) is 6.04 Å². The molecule has 2 heterocycles. The molecule has 2 fully saturated rings. The van der Waals surface area contributed by atoms with Crippen LogP contribution >= 0.6 is 0 Å². The van der Waals surface area contributed by atoms with Crippen molar-refractivity contribution >= 4 is 5.91 Å². The Labute approximate surface area is 96.5 Å². The average molecular weight is 227 g/mol. The third-order valence-electron chi connectivity index (χ3n) is 3.76. The monoisotopic (exact) mass is 227 g/mol. The molecule has 3 unspecified atom stereocenters. The summed E-state index contributed by atoms with van der Waals surface area (Å²) in [5, 5.41) is 0. The fourth-order valence-electron chi connectivity index (χ4n) is 2.78. The molecule has 92 valence electrons. The highest BCUT2D eigenvalue weighted by Crippen LogP contribution is 2.23. The van der Waals surface area contributed by atoms with Gasteiger partial charge in [0.15, 0.2) is 0 Å². The molecule has 0 aliphatic carbocycles. The first-order chi connectivity index (χ1) is 7.63. The highest BCUT2D eigenvalue weighted by molar-refractivity contribution is 5.79. The molecule has 0 aromatic carbocycles. The number of fused-ring (bicyclic) bond motifs is 1. The van der Waals surface area contributed by atoms with Crippen LogP contribution in [-0.4, -0.2) is 67.2 Å². The van der Waals surface area contributed by atoms with Crippen LogP contribution < -0.4 is 5.73 Å². The van der Waals surface area contributed by atoms with Gasteiger partial charge in [-0.3, -0.25) is 14.6 Å². The van der Waals surface area contributed by atoms with Crippen molar-refractivity contribution < 1.29 is 9.53 Å². The normalized spacial score (nSPS) is 33.6. The maximum atomic E-state index is 11.3. The predicted octanol–water partition coefficient (Wildman–Crippen LogP) is -0.735. The number of hydrogen-bond acceptors (Lipinski definition) is 4. The quantitative estimate of drug-likeness (QED) is 0.690. The zero-order chi connectivity index (χ0) is 11.7. The molecule has 5 nitrogen and oxygen atoms in total. The third-order valence-corrected chi connectivity index (χ3v) is 3.76. The van der Waals surface area contributed by atoms with Gasteiger partial charge in [0, 0.05) is 25.7 Å². The number of nitrogens with two attached hydrogens (primary N) is 1. The maximum Gasteiger partial charge on any atom is 0.234 e. The standard InChI is InChI=1S/C11H21N3O2/c1-3-8(11(12)15)14-6-9-10(7-14)16-5-4-13(9)2/h8-10H,3-7H2,1-2H3,(H2,12,15). The van der Waals surface area contributed by atoms with Crippen LogP contribution in [0.1, 0.15) is 13.3 Å². The van der Waals surface area contributed by atoms with Crippen molar-refractivity contribution in [3.63, 3.8) is 0 Å². The van der Waals surface area contributed by atoms with Gasteiger partial charge in [0.2, 0.25) is 5.91 Å². The van der Waals surface area contributed by atoms with Crippen LogP contribution in [0.5, 0.6) is 0 Å². The van der Waals surface area contributed by atoms with Crippen molar-refractivity contribution in [3.05, 3.63) is 0 Å². The second-order valence-corrected chi connectivity index (χ2v) is 4.74. The summed E-state index contributed by atoms with van der Waals surface area (Å²) in [4.78, 5) is 15.8. The van der Waals surface area contributed by atoms with E-state index in [0.717, 1.165) is 32.7 Å². The molecule has 16 heavy (non-hydrogen) atoms. The smallest absolute Gasteiger partial charge is 0.234 e. The molecule has 0 spiro atoms. The molecule has 0 aromatic rings. The fourth-order valence-corrected chi connectivity index (χ4v) is 2.78. The molecule has 0 saturated carbocycles. The molecule has 2 rings (SSSR count). The molecule has 2 aliphatic rings. The number of carbonyl (C=O) groups is 1. The first-order valence-electron chi connectivity index (χ1n) is 5.98. The summed E-state index contributed by atoms with van der Waals surface area (Å²) in [7, 11) is 2.12. The number of nitrogens with zero attached hydrogens (tertiary/aromatic N) is 2. The van der Waals surface area contributed by atoms with Crippen LogP contribution in [0.3, 0.4) is 0 Å². The Bertz CT molecular complexity index is 272. The van der Waals surface area contributed by atoms with E-state index in [1.54, 1.807) is 0 Å². The molecule has 2 saturated heterocycles. The zero-order valence-electron chi connectivity index (χ0n) is 10.1. The summed E-state index contributed by atoms with van der Waals surface area (Å²) in [6, 6.07) is 0.282. The SMILES string of the molecule is CCC(C(N)=O)N1CC2OCCN(C)C2C1. The molecule has 5 heteroatoms. The van der Waals surface area contributed by atoms with E-state index < -0.39 is 0 Å². The van der Waals surface area contributed by atoms with Crippen molar-refractivity contribution in [2.45, 2.75) is 31.5 Å². The molecular weight excluding hydrogens is 206 g/mol. The summed E-state index contributed by atoms with van der Waals surface area (Å²) < 4.78 is 5.74. The molecule has 3 atom stereocenters. The number of primary amides is 1. The minimum absolute atomic E-state index is 0.136. The van der Waals surface area contributed by atoms with E-state index in [-0.39, 0.29) is 18.1 Å². The topological polar surface area (TPSA) is 58.8 Å². The lowest BCUT2D eigenvalue weighted by Crippen LogP contribution is -2.48. The highest BCUT2D eigenvalue weighted by Gasteiger charge is 2.41. The largest absolute Gasteiger partial charge is 0.374 e. The summed E-state index contributed by atoms with van der Waals surface area (Å²) in [6.45, 7) is 5.49. The first-order valence-corrected chi connectivity index (χ1v) is 5.98. The minimum Gasteiger partial charge on any atom is -0.374 e. The summed E-state index contributed by atoms with van der Waals surface area (Å²) in [6.07, 6.45) is 1.02. The second kappa shape index (κ2) is 4.69. The van der Waals surface area contributed by atoms with Gasteiger partial charge in [-0.15, -0.1) is 0 Å². The lowest BCUT2D eigenvalue weighted by Gasteiger charge is -2.33. The number of morpholine rings is 1. The van der Waals surface area contributed by atoms with E-state index >= 15 is 0 Å². The van der Waals surface area contributed by atoms with Gasteiger partial charge in [0.05, 0.1) is 18.8 Å². The molecular formula is C11H21N3O2. The Balaban J connectivity index is 2.02. The Hall–Kier alpha value is -0.650. The van der Waals surface area contributed by atoms with E-state index in [1.165, 1.54) is 0 Å². The van der Waals surface area contributed by atoms with Crippen LogP contribution in [0.2, 0.25) is 0 Å². The number of amides is 1. The minimum atomic E-state index is -0.219. The van der Waals surface area contributed by atoms with Gasteiger partial charge in [0.1, 0.15) is 0 Å². The lowest BCUT2D eigenvalue weighted by atomic mass is 10.1. The van der Waals surface area contributed by atoms with Gasteiger partial charge in [-0.25, -0.2) is 0 Å². The average Bonchev–Trinajstić information content (AvgIpc) is 2.63. The zero-order valence-corrected chi connectivity index (χ0v) is 10.1. The van der Waals surface area contributed by atoms with Gasteiger partial charge in [0.25, 0.3) is 0 Å². The number of likely N-dealkylation sites (tertiary alicyclic amines) is 1. The van der Waals surface area contributed by atoms with Crippen molar-refractivity contribution in [2.75, 3.05) is 33.3 Å². The Morgan fingerprint density at radius 1 is 1.56 bits per heavy atom. The van der Waals surface area contributed by atoms with Gasteiger partial charge in [-0.05, 0) is 13.5 Å². The van der Waals surface area contributed by atoms with Crippen LogP contribution in [0.15, 0.2) is 0 Å². The van der Waals surface area contributed by atoms with Crippen molar-refractivity contribution in [3.8, 4) is 0 Å². The van der Waals surface area contributed by atoms with E-state index in [1.807, 2.05) is 6.92 Å². The first kappa shape index (κ1) is 11.8. The molecule has 2 N–H and O–H groups in total. The third kappa shape index (κ3) is 2.07. The van der Waals surface area contributed by atoms with Crippen molar-refractivity contribution in [1.29, 1.82) is 0 Å². The van der Waals surface area contributed by atoms with E-state index in [9.17, 15) is 4.79 Å². The van der Waals surface area contributed by atoms with Crippen LogP contribution in [-0.2, 0) is 9.53 Å². The summed E-state index contributed by atoms with van der Waals surface area (Å²) in [5.74, 6) is -0.219. The number of likely N-dealkylation sites (N-methyl/N-ethyl adjacent to an activating group) is 1. The van der Waals surface area contributed by atoms with Gasteiger partial charge in [-0.2, -0.15) is 0 Å². The fraction of sp³-hybridized carbons (Fsp3) is 0.909. The van der Waals surface area contributed by atoms with Crippen LogP contribution in [0.4, 0.5) is 0 Å². The van der Waals surface area contributed by atoms with Crippen molar-refractivity contribution in [2.24, 2.45) is 5.73 Å². The van der Waals surface area contributed by atoms with Gasteiger partial charge < -0.3 is 10.5 Å². The number of carbonyl (C=O) groups excluding carboxylic acids is 1. The second-order valence-electron chi connectivity index (χ2n) is 4.74. The van der Waals surface area contributed by atoms with Crippen LogP contribution in [0.25, 0.3) is 0 Å². The summed E-state index contributed by atoms with van der Waals surface area (Å²) >= 11 is 0. The predicted molar refractivity (Wildman–Crippen MR) is 61.0 cm³/mol. The highest BCUT2D eigenvalue weighted by atomic mass is 16.5. The van der Waals surface area contributed by atoms with E-state index in [4.69, 9.17) is 10.5 Å². The van der Waals surface area contributed by atoms with Crippen LogP contribution in [0, 0.1) is 0 Å². The maximum absolute atomic E-state index is 11.3. The molecule has 0 bridgehead atoms. The van der Waals surface area contributed by atoms with Gasteiger partial charge in [-0.1, -0.05) is 6.92 Å². The molecule has 0 radical (unpaired) electrons.